The predicted molar refractivity (Wildman–Crippen MR) is 59.8 cm³/mol. The van der Waals surface area contributed by atoms with Gasteiger partial charge in [0.05, 0.1) is 19.0 Å². The van der Waals surface area contributed by atoms with Crippen molar-refractivity contribution in [3.8, 4) is 0 Å². The Hall–Kier alpha value is -0.650. The van der Waals surface area contributed by atoms with Gasteiger partial charge in [0.2, 0.25) is 10.0 Å². The lowest BCUT2D eigenvalue weighted by Gasteiger charge is -2.14. The zero-order valence-corrected chi connectivity index (χ0v) is 9.66. The van der Waals surface area contributed by atoms with E-state index < -0.39 is 10.0 Å². The highest BCUT2D eigenvalue weighted by Gasteiger charge is 2.07. The first kappa shape index (κ1) is 12.4. The monoisotopic (exact) mass is 231 g/mol. The number of nitrogens with two attached hydrogens (primary N) is 1. The molecule has 1 aliphatic carbocycles. The van der Waals surface area contributed by atoms with Gasteiger partial charge in [0.25, 0.3) is 0 Å². The quantitative estimate of drug-likeness (QED) is 0.712. The lowest BCUT2D eigenvalue weighted by atomic mass is 9.97. The number of hydrogen-bond donors (Lipinski definition) is 1. The zero-order valence-electron chi connectivity index (χ0n) is 8.85. The SMILES string of the molecule is CC1C=CC=C(COCCS(N)(=O)=O)C1. The van der Waals surface area contributed by atoms with E-state index in [4.69, 9.17) is 9.88 Å². The van der Waals surface area contributed by atoms with Crippen molar-refractivity contribution in [3.63, 3.8) is 0 Å². The van der Waals surface area contributed by atoms with E-state index >= 15 is 0 Å². The van der Waals surface area contributed by atoms with E-state index in [-0.39, 0.29) is 12.4 Å². The van der Waals surface area contributed by atoms with Crippen molar-refractivity contribution in [2.45, 2.75) is 13.3 Å². The summed E-state index contributed by atoms with van der Waals surface area (Å²) >= 11 is 0. The Balaban J connectivity index is 2.21. The molecule has 0 heterocycles. The third-order valence-corrected chi connectivity index (χ3v) is 2.89. The highest BCUT2D eigenvalue weighted by Crippen LogP contribution is 2.17. The normalized spacial score (nSPS) is 21.5. The summed E-state index contributed by atoms with van der Waals surface area (Å²) in [5, 5.41) is 4.84. The van der Waals surface area contributed by atoms with Gasteiger partial charge in [-0.25, -0.2) is 13.6 Å². The molecule has 0 spiro atoms. The van der Waals surface area contributed by atoms with E-state index in [1.807, 2.05) is 12.2 Å². The maximum Gasteiger partial charge on any atom is 0.211 e. The first-order valence-electron chi connectivity index (χ1n) is 4.92. The average molecular weight is 231 g/mol. The fraction of sp³-hybridized carbons (Fsp3) is 0.600. The minimum Gasteiger partial charge on any atom is -0.376 e. The molecule has 0 aromatic carbocycles. The van der Waals surface area contributed by atoms with Crippen LogP contribution in [0.5, 0.6) is 0 Å². The molecule has 0 amide bonds. The molecule has 1 aliphatic rings. The molecule has 0 fully saturated rings. The molecule has 2 N–H and O–H groups in total. The largest absolute Gasteiger partial charge is 0.376 e. The van der Waals surface area contributed by atoms with Crippen LogP contribution in [-0.4, -0.2) is 27.4 Å². The van der Waals surface area contributed by atoms with Crippen molar-refractivity contribution < 1.29 is 13.2 Å². The first-order chi connectivity index (χ1) is 6.97. The van der Waals surface area contributed by atoms with Crippen molar-refractivity contribution in [2.24, 2.45) is 11.1 Å². The molecular formula is C10H17NO3S. The van der Waals surface area contributed by atoms with Crippen molar-refractivity contribution in [1.29, 1.82) is 0 Å². The standard InChI is InChI=1S/C10H17NO3S/c1-9-3-2-4-10(7-9)8-14-5-6-15(11,12)13/h2-4,9H,5-8H2,1H3,(H2,11,12,13). The number of rotatable bonds is 5. The first-order valence-corrected chi connectivity index (χ1v) is 6.63. The van der Waals surface area contributed by atoms with Gasteiger partial charge < -0.3 is 4.74 Å². The van der Waals surface area contributed by atoms with Crippen LogP contribution in [0.1, 0.15) is 13.3 Å². The summed E-state index contributed by atoms with van der Waals surface area (Å²) in [5.74, 6) is 0.415. The molecule has 0 saturated heterocycles. The van der Waals surface area contributed by atoms with Crippen molar-refractivity contribution in [3.05, 3.63) is 23.8 Å². The van der Waals surface area contributed by atoms with Crippen LogP contribution in [0.4, 0.5) is 0 Å². The lowest BCUT2D eigenvalue weighted by Crippen LogP contribution is -2.20. The minimum atomic E-state index is -3.40. The van der Waals surface area contributed by atoms with E-state index in [0.29, 0.717) is 12.5 Å². The average Bonchev–Trinajstić information content (AvgIpc) is 2.11. The second kappa shape index (κ2) is 5.44. The van der Waals surface area contributed by atoms with Crippen LogP contribution in [0.25, 0.3) is 0 Å². The molecule has 0 bridgehead atoms. The van der Waals surface area contributed by atoms with E-state index in [2.05, 4.69) is 13.0 Å². The van der Waals surface area contributed by atoms with Crippen LogP contribution >= 0.6 is 0 Å². The Labute approximate surface area is 90.9 Å². The summed E-state index contributed by atoms with van der Waals surface area (Å²) in [6.45, 7) is 2.78. The fourth-order valence-electron chi connectivity index (χ4n) is 1.42. The van der Waals surface area contributed by atoms with Crippen LogP contribution in [0, 0.1) is 5.92 Å². The second-order valence-corrected chi connectivity index (χ2v) is 5.54. The molecule has 86 valence electrons. The molecule has 0 radical (unpaired) electrons. The highest BCUT2D eigenvalue weighted by molar-refractivity contribution is 7.89. The molecule has 0 aliphatic heterocycles. The van der Waals surface area contributed by atoms with Gasteiger partial charge in [-0.3, -0.25) is 0 Å². The maximum absolute atomic E-state index is 10.6. The molecule has 1 unspecified atom stereocenters. The third kappa shape index (κ3) is 5.71. The molecular weight excluding hydrogens is 214 g/mol. The van der Waals surface area contributed by atoms with Gasteiger partial charge in [0.1, 0.15) is 0 Å². The van der Waals surface area contributed by atoms with Crippen LogP contribution in [0.2, 0.25) is 0 Å². The van der Waals surface area contributed by atoms with Crippen LogP contribution in [0.3, 0.4) is 0 Å². The Morgan fingerprint density at radius 3 is 2.93 bits per heavy atom. The van der Waals surface area contributed by atoms with E-state index in [1.165, 1.54) is 5.57 Å². The summed E-state index contributed by atoms with van der Waals surface area (Å²) in [4.78, 5) is 0. The van der Waals surface area contributed by atoms with Gasteiger partial charge in [-0.1, -0.05) is 25.2 Å². The maximum atomic E-state index is 10.6. The van der Waals surface area contributed by atoms with Crippen molar-refractivity contribution in [2.75, 3.05) is 19.0 Å². The molecule has 0 saturated carbocycles. The van der Waals surface area contributed by atoms with Gasteiger partial charge in [0, 0.05) is 0 Å². The predicted octanol–water partition coefficient (Wildman–Crippen LogP) is 0.814. The molecule has 1 atom stereocenters. The number of allylic oxidation sites excluding steroid dienone is 3. The Morgan fingerprint density at radius 2 is 2.33 bits per heavy atom. The number of sulfonamides is 1. The Morgan fingerprint density at radius 1 is 1.60 bits per heavy atom. The molecule has 4 nitrogen and oxygen atoms in total. The number of hydrogen-bond acceptors (Lipinski definition) is 3. The van der Waals surface area contributed by atoms with Crippen molar-refractivity contribution >= 4 is 10.0 Å². The summed E-state index contributed by atoms with van der Waals surface area (Å²) in [6, 6.07) is 0. The summed E-state index contributed by atoms with van der Waals surface area (Å²) in [5.41, 5.74) is 1.19. The third-order valence-electron chi connectivity index (χ3n) is 2.16. The Kier molecular flexibility index (Phi) is 4.50. The summed E-state index contributed by atoms with van der Waals surface area (Å²) < 4.78 is 26.4. The lowest BCUT2D eigenvalue weighted by molar-refractivity contribution is 0.169. The highest BCUT2D eigenvalue weighted by atomic mass is 32.2. The van der Waals surface area contributed by atoms with Gasteiger partial charge in [0.15, 0.2) is 0 Å². The number of ether oxygens (including phenoxy) is 1. The molecule has 5 heteroatoms. The van der Waals surface area contributed by atoms with E-state index in [0.717, 1.165) is 6.42 Å². The summed E-state index contributed by atoms with van der Waals surface area (Å²) in [7, 11) is -3.40. The smallest absolute Gasteiger partial charge is 0.211 e. The van der Waals surface area contributed by atoms with Gasteiger partial charge in [-0.2, -0.15) is 0 Å². The topological polar surface area (TPSA) is 69.4 Å². The Bertz CT molecular complexity index is 357. The van der Waals surface area contributed by atoms with Crippen molar-refractivity contribution in [1.82, 2.24) is 0 Å². The second-order valence-electron chi connectivity index (χ2n) is 3.81. The van der Waals surface area contributed by atoms with Gasteiger partial charge in [-0.15, -0.1) is 0 Å². The molecule has 0 aromatic heterocycles. The molecule has 15 heavy (non-hydrogen) atoms. The van der Waals surface area contributed by atoms with E-state index in [9.17, 15) is 8.42 Å². The summed E-state index contributed by atoms with van der Waals surface area (Å²) in [6.07, 6.45) is 7.13. The minimum absolute atomic E-state index is 0.119. The van der Waals surface area contributed by atoms with Crippen LogP contribution in [-0.2, 0) is 14.8 Å². The fourth-order valence-corrected chi connectivity index (χ4v) is 1.77. The molecule has 0 aromatic rings. The van der Waals surface area contributed by atoms with E-state index in [1.54, 1.807) is 0 Å². The molecule has 1 rings (SSSR count). The van der Waals surface area contributed by atoms with Gasteiger partial charge >= 0.3 is 0 Å². The number of primary sulfonamides is 1. The van der Waals surface area contributed by atoms with Gasteiger partial charge in [-0.05, 0) is 17.9 Å². The van der Waals surface area contributed by atoms with Crippen LogP contribution in [0.15, 0.2) is 23.8 Å². The van der Waals surface area contributed by atoms with Crippen LogP contribution < -0.4 is 5.14 Å². The zero-order chi connectivity index (χ0) is 11.3.